The van der Waals surface area contributed by atoms with Crippen molar-refractivity contribution < 1.29 is 9.84 Å². The summed E-state index contributed by atoms with van der Waals surface area (Å²) in [7, 11) is 0. The molecule has 2 nitrogen and oxygen atoms in total. The maximum Gasteiger partial charge on any atom is 0.128 e. The molecule has 0 saturated carbocycles. The highest BCUT2D eigenvalue weighted by Gasteiger charge is 2.22. The molecule has 1 aliphatic heterocycles. The smallest absolute Gasteiger partial charge is 0.128 e. The summed E-state index contributed by atoms with van der Waals surface area (Å²) < 4.78 is 6.63. The zero-order chi connectivity index (χ0) is 14.1. The minimum absolute atomic E-state index is 0.521. The normalized spacial score (nSPS) is 14.8. The quantitative estimate of drug-likeness (QED) is 0.891. The van der Waals surface area contributed by atoms with Crippen molar-refractivity contribution in [3.63, 3.8) is 0 Å². The van der Waals surface area contributed by atoms with E-state index >= 15 is 0 Å². The molecule has 0 radical (unpaired) electrons. The van der Waals surface area contributed by atoms with Gasteiger partial charge in [-0.15, -0.1) is 0 Å². The lowest BCUT2D eigenvalue weighted by Crippen LogP contribution is -2.04. The van der Waals surface area contributed by atoms with Gasteiger partial charge in [-0.2, -0.15) is 0 Å². The molecule has 1 heterocycles. The number of aliphatic hydroxyl groups is 1. The van der Waals surface area contributed by atoms with E-state index in [4.69, 9.17) is 16.3 Å². The highest BCUT2D eigenvalue weighted by molar-refractivity contribution is 9.10. The molecule has 0 spiro atoms. The van der Waals surface area contributed by atoms with Crippen LogP contribution in [0.15, 0.2) is 40.9 Å². The zero-order valence-corrected chi connectivity index (χ0v) is 13.1. The van der Waals surface area contributed by atoms with Gasteiger partial charge in [-0.3, -0.25) is 0 Å². The van der Waals surface area contributed by atoms with Gasteiger partial charge in [-0.1, -0.05) is 39.7 Å². The van der Waals surface area contributed by atoms with E-state index in [0.29, 0.717) is 18.1 Å². The third-order valence-electron chi connectivity index (χ3n) is 3.45. The molecule has 0 saturated heterocycles. The molecule has 0 aromatic heterocycles. The highest BCUT2D eigenvalue weighted by Crippen LogP contribution is 2.37. The van der Waals surface area contributed by atoms with E-state index in [9.17, 15) is 5.11 Å². The SMILES string of the molecule is OC(Cc1cccc(Cl)c1)c1cc(Br)cc2c1OCC2. The maximum atomic E-state index is 10.5. The number of ether oxygens (including phenoxy) is 1. The number of hydrogen-bond acceptors (Lipinski definition) is 2. The van der Waals surface area contributed by atoms with Gasteiger partial charge < -0.3 is 9.84 Å². The molecule has 4 heteroatoms. The second-order valence-electron chi connectivity index (χ2n) is 4.93. The van der Waals surface area contributed by atoms with Crippen LogP contribution in [0.1, 0.15) is 22.8 Å². The first-order chi connectivity index (χ1) is 9.63. The Hall–Kier alpha value is -1.03. The van der Waals surface area contributed by atoms with Crippen molar-refractivity contribution in [1.82, 2.24) is 0 Å². The fraction of sp³-hybridized carbons (Fsp3) is 0.250. The van der Waals surface area contributed by atoms with Crippen LogP contribution < -0.4 is 4.74 Å². The summed E-state index contributed by atoms with van der Waals surface area (Å²) in [5.41, 5.74) is 3.00. The summed E-state index contributed by atoms with van der Waals surface area (Å²) in [6, 6.07) is 11.6. The molecular formula is C16H14BrClO2. The summed E-state index contributed by atoms with van der Waals surface area (Å²) >= 11 is 9.47. The van der Waals surface area contributed by atoms with Crippen molar-refractivity contribution in [3.8, 4) is 5.75 Å². The molecule has 1 N–H and O–H groups in total. The lowest BCUT2D eigenvalue weighted by atomic mass is 9.98. The van der Waals surface area contributed by atoms with E-state index in [1.807, 2.05) is 30.3 Å². The van der Waals surface area contributed by atoms with Crippen LogP contribution in [0.4, 0.5) is 0 Å². The highest BCUT2D eigenvalue weighted by atomic mass is 79.9. The van der Waals surface area contributed by atoms with Crippen molar-refractivity contribution in [2.45, 2.75) is 18.9 Å². The van der Waals surface area contributed by atoms with Gasteiger partial charge in [0.2, 0.25) is 0 Å². The largest absolute Gasteiger partial charge is 0.493 e. The predicted molar refractivity (Wildman–Crippen MR) is 83.5 cm³/mol. The average molecular weight is 354 g/mol. The Bertz CT molecular complexity index is 642. The van der Waals surface area contributed by atoms with E-state index in [-0.39, 0.29) is 0 Å². The van der Waals surface area contributed by atoms with Gasteiger partial charge in [0, 0.05) is 27.9 Å². The molecule has 2 aromatic rings. The van der Waals surface area contributed by atoms with Crippen molar-refractivity contribution in [1.29, 1.82) is 0 Å². The van der Waals surface area contributed by atoms with Crippen molar-refractivity contribution >= 4 is 27.5 Å². The lowest BCUT2D eigenvalue weighted by molar-refractivity contribution is 0.173. The van der Waals surface area contributed by atoms with Crippen molar-refractivity contribution in [2.24, 2.45) is 0 Å². The molecule has 3 rings (SSSR count). The molecule has 0 bridgehead atoms. The average Bonchev–Trinajstić information content (AvgIpc) is 2.85. The van der Waals surface area contributed by atoms with Gasteiger partial charge in [0.05, 0.1) is 12.7 Å². The predicted octanol–water partition coefficient (Wildman–Crippen LogP) is 4.31. The van der Waals surface area contributed by atoms with Gasteiger partial charge in [-0.25, -0.2) is 0 Å². The van der Waals surface area contributed by atoms with Crippen LogP contribution in [0, 0.1) is 0 Å². The Kier molecular flexibility index (Phi) is 4.01. The van der Waals surface area contributed by atoms with Crippen molar-refractivity contribution in [3.05, 3.63) is 62.6 Å². The maximum absolute atomic E-state index is 10.5. The monoisotopic (exact) mass is 352 g/mol. The van der Waals surface area contributed by atoms with Crippen LogP contribution in [0.5, 0.6) is 5.75 Å². The Morgan fingerprint density at radius 1 is 1.30 bits per heavy atom. The van der Waals surface area contributed by atoms with Crippen LogP contribution in [0.2, 0.25) is 5.02 Å². The molecule has 104 valence electrons. The molecule has 0 fully saturated rings. The number of fused-ring (bicyclic) bond motifs is 1. The minimum Gasteiger partial charge on any atom is -0.493 e. The molecule has 0 aliphatic carbocycles. The van der Waals surface area contributed by atoms with Gasteiger partial charge in [0.1, 0.15) is 5.75 Å². The van der Waals surface area contributed by atoms with Crippen LogP contribution in [0.3, 0.4) is 0 Å². The first kappa shape index (κ1) is 13.9. The number of hydrogen-bond donors (Lipinski definition) is 1. The third kappa shape index (κ3) is 2.85. The second-order valence-corrected chi connectivity index (χ2v) is 6.28. The summed E-state index contributed by atoms with van der Waals surface area (Å²) in [5, 5.41) is 11.2. The molecule has 2 aromatic carbocycles. The number of aliphatic hydroxyl groups excluding tert-OH is 1. The molecule has 0 amide bonds. The molecule has 1 aliphatic rings. The first-order valence-electron chi connectivity index (χ1n) is 6.51. The Balaban J connectivity index is 1.89. The van der Waals surface area contributed by atoms with Crippen LogP contribution in [0.25, 0.3) is 0 Å². The fourth-order valence-corrected chi connectivity index (χ4v) is 3.28. The van der Waals surface area contributed by atoms with Crippen LogP contribution in [-0.2, 0) is 12.8 Å². The summed E-state index contributed by atoms with van der Waals surface area (Å²) in [4.78, 5) is 0. The van der Waals surface area contributed by atoms with Gasteiger partial charge >= 0.3 is 0 Å². The molecule has 20 heavy (non-hydrogen) atoms. The summed E-state index contributed by atoms with van der Waals surface area (Å²) in [6.45, 7) is 0.683. The fourth-order valence-electron chi connectivity index (χ4n) is 2.54. The van der Waals surface area contributed by atoms with Crippen LogP contribution in [-0.4, -0.2) is 11.7 Å². The van der Waals surface area contributed by atoms with Gasteiger partial charge in [0.15, 0.2) is 0 Å². The lowest BCUT2D eigenvalue weighted by Gasteiger charge is -2.15. The topological polar surface area (TPSA) is 29.5 Å². The van der Waals surface area contributed by atoms with E-state index in [2.05, 4.69) is 22.0 Å². The Labute approximate surface area is 131 Å². The summed E-state index contributed by atoms with van der Waals surface area (Å²) in [6.07, 6.45) is 0.816. The van der Waals surface area contributed by atoms with E-state index in [1.165, 1.54) is 0 Å². The minimum atomic E-state index is -0.599. The molecule has 1 unspecified atom stereocenters. The first-order valence-corrected chi connectivity index (χ1v) is 7.68. The van der Waals surface area contributed by atoms with Crippen LogP contribution >= 0.6 is 27.5 Å². The van der Waals surface area contributed by atoms with E-state index in [1.54, 1.807) is 0 Å². The number of benzene rings is 2. The molecular weight excluding hydrogens is 340 g/mol. The number of rotatable bonds is 3. The number of halogens is 2. The van der Waals surface area contributed by atoms with Gasteiger partial charge in [0.25, 0.3) is 0 Å². The third-order valence-corrected chi connectivity index (χ3v) is 4.15. The standard InChI is InChI=1S/C16H14BrClO2/c17-12-8-11-4-5-20-16(11)14(9-12)15(19)7-10-2-1-3-13(18)6-10/h1-3,6,8-9,15,19H,4-5,7H2. The van der Waals surface area contributed by atoms with Crippen molar-refractivity contribution in [2.75, 3.05) is 6.61 Å². The van der Waals surface area contributed by atoms with E-state index in [0.717, 1.165) is 33.3 Å². The van der Waals surface area contributed by atoms with E-state index < -0.39 is 6.10 Å². The zero-order valence-electron chi connectivity index (χ0n) is 10.8. The molecule has 1 atom stereocenters. The van der Waals surface area contributed by atoms with Gasteiger partial charge in [-0.05, 0) is 35.4 Å². The second kappa shape index (κ2) is 5.76. The Morgan fingerprint density at radius 2 is 2.15 bits per heavy atom. The Morgan fingerprint density at radius 3 is 2.95 bits per heavy atom. The summed E-state index contributed by atoms with van der Waals surface area (Å²) in [5.74, 6) is 0.836.